The third kappa shape index (κ3) is 6.27. The molecule has 1 aromatic heterocycles. The molecule has 0 radical (unpaired) electrons. The van der Waals surface area contributed by atoms with Gasteiger partial charge < -0.3 is 5.32 Å². The minimum Gasteiger partial charge on any atom is -0.337 e. The number of aromatic nitrogens is 2. The first-order chi connectivity index (χ1) is 11.1. The van der Waals surface area contributed by atoms with E-state index in [1.165, 1.54) is 6.04 Å². The van der Waals surface area contributed by atoms with Crippen LogP contribution in [0.5, 0.6) is 0 Å². The number of rotatable bonds is 8. The fraction of sp³-hybridized carbons (Fsp3) is 0.667. The monoisotopic (exact) mass is 375 g/mol. The fourth-order valence-electron chi connectivity index (χ4n) is 1.78. The number of amides is 1. The van der Waals surface area contributed by atoms with Crippen molar-refractivity contribution < 1.29 is 9.18 Å². The van der Waals surface area contributed by atoms with Gasteiger partial charge in [-0.25, -0.2) is 14.2 Å². The second-order valence-electron chi connectivity index (χ2n) is 6.70. The molecule has 1 heterocycles. The van der Waals surface area contributed by atoms with E-state index >= 15 is 0 Å². The summed E-state index contributed by atoms with van der Waals surface area (Å²) in [6, 6.07) is 0.529. The van der Waals surface area contributed by atoms with Gasteiger partial charge in [0, 0.05) is 6.54 Å². The van der Waals surface area contributed by atoms with Gasteiger partial charge in [-0.2, -0.15) is 16.2 Å². The van der Waals surface area contributed by atoms with Crippen molar-refractivity contribution in [3.8, 4) is 0 Å². The van der Waals surface area contributed by atoms with Crippen LogP contribution in [0.2, 0.25) is 24.7 Å². The molecule has 1 aromatic rings. The summed E-state index contributed by atoms with van der Waals surface area (Å²) in [5, 5.41) is 2.54. The molecular formula is C15H26FN3O3SSi. The molecule has 0 unspecified atom stereocenters. The Morgan fingerprint density at radius 1 is 1.38 bits per heavy atom. The molecule has 0 aliphatic rings. The summed E-state index contributed by atoms with van der Waals surface area (Å²) in [5.74, 6) is 0.866. The first-order valence-corrected chi connectivity index (χ1v) is 12.5. The fourth-order valence-corrected chi connectivity index (χ4v) is 5.59. The van der Waals surface area contributed by atoms with E-state index < -0.39 is 31.2 Å². The minimum absolute atomic E-state index is 0.393. The van der Waals surface area contributed by atoms with Gasteiger partial charge in [0.05, 0.1) is 14.3 Å². The van der Waals surface area contributed by atoms with Gasteiger partial charge in [0.25, 0.3) is 5.56 Å². The normalized spacial score (nSPS) is 11.8. The van der Waals surface area contributed by atoms with Gasteiger partial charge in [-0.1, -0.05) is 32.5 Å². The Kier molecular flexibility index (Phi) is 7.94. The Bertz CT molecular complexity index is 673. The number of hydrogen-bond donors (Lipinski definition) is 2. The average Bonchev–Trinajstić information content (AvgIpc) is 2.49. The second-order valence-corrected chi connectivity index (χ2v) is 13.6. The van der Waals surface area contributed by atoms with Gasteiger partial charge in [-0.3, -0.25) is 9.78 Å². The number of hydrogen-bond acceptors (Lipinski definition) is 4. The number of nitrogens with one attached hydrogen (secondary N) is 2. The molecule has 9 heteroatoms. The summed E-state index contributed by atoms with van der Waals surface area (Å²) >= 11 is 1.86. The van der Waals surface area contributed by atoms with E-state index in [2.05, 4.69) is 32.3 Å². The molecule has 1 rings (SSSR count). The van der Waals surface area contributed by atoms with Gasteiger partial charge in [-0.15, -0.1) is 0 Å². The average molecular weight is 376 g/mol. The Morgan fingerprint density at radius 3 is 2.67 bits per heavy atom. The molecule has 136 valence electrons. The molecule has 2 N–H and O–H groups in total. The highest BCUT2D eigenvalue weighted by Gasteiger charge is 2.23. The molecule has 0 fully saturated rings. The molecule has 0 aliphatic heterocycles. The van der Waals surface area contributed by atoms with E-state index in [-0.39, 0.29) is 0 Å². The van der Waals surface area contributed by atoms with Crippen LogP contribution in [-0.4, -0.2) is 41.7 Å². The van der Waals surface area contributed by atoms with Crippen LogP contribution in [0.1, 0.15) is 20.3 Å². The summed E-state index contributed by atoms with van der Waals surface area (Å²) in [6.07, 6.45) is 1.37. The van der Waals surface area contributed by atoms with E-state index in [4.69, 9.17) is 0 Å². The Morgan fingerprint density at radius 2 is 2.04 bits per heavy atom. The van der Waals surface area contributed by atoms with Crippen LogP contribution in [0.25, 0.3) is 0 Å². The van der Waals surface area contributed by atoms with Crippen molar-refractivity contribution >= 4 is 25.9 Å². The Balaban J connectivity index is 2.29. The number of carbonyl (C=O) groups excluding carboxylic acids is 1. The summed E-state index contributed by atoms with van der Waals surface area (Å²) in [5.41, 5.74) is -1.31. The van der Waals surface area contributed by atoms with Gasteiger partial charge >= 0.3 is 11.7 Å². The topological polar surface area (TPSA) is 84.0 Å². The van der Waals surface area contributed by atoms with Crippen LogP contribution in [0, 0.1) is 5.82 Å². The number of carbonyl (C=O) groups is 1. The molecule has 0 atom stereocenters. The lowest BCUT2D eigenvalue weighted by Gasteiger charge is -2.26. The number of H-pyrrole nitrogens is 1. The standard InChI is InChI=1S/C15H26FN3O3SSi/c1-11(2)24(3,4)9-8-23-7-5-6-17-14(21)19-10-12(16)13(20)18-15(19)22/h10-11H,5-9H2,1-4H3,(H,17,21)(H,18,20,22). The highest BCUT2D eigenvalue weighted by atomic mass is 32.2. The molecule has 0 spiro atoms. The smallest absolute Gasteiger partial charge is 0.336 e. The maximum absolute atomic E-state index is 13.1. The van der Waals surface area contributed by atoms with Gasteiger partial charge in [0.2, 0.25) is 5.82 Å². The van der Waals surface area contributed by atoms with E-state index in [0.717, 1.165) is 23.5 Å². The van der Waals surface area contributed by atoms with Crippen molar-refractivity contribution in [3.05, 3.63) is 32.9 Å². The zero-order valence-electron chi connectivity index (χ0n) is 14.6. The Labute approximate surface area is 146 Å². The van der Waals surface area contributed by atoms with Crippen molar-refractivity contribution in [2.24, 2.45) is 0 Å². The summed E-state index contributed by atoms with van der Waals surface area (Å²) < 4.78 is 13.6. The first-order valence-electron chi connectivity index (χ1n) is 8.02. The highest BCUT2D eigenvalue weighted by molar-refractivity contribution is 7.99. The zero-order chi connectivity index (χ0) is 18.3. The van der Waals surface area contributed by atoms with E-state index in [1.54, 1.807) is 4.98 Å². The molecule has 1 amide bonds. The van der Waals surface area contributed by atoms with Gasteiger partial charge in [-0.05, 0) is 24.0 Å². The van der Waals surface area contributed by atoms with Crippen molar-refractivity contribution in [1.82, 2.24) is 14.9 Å². The molecule has 0 saturated carbocycles. The molecule has 0 aromatic carbocycles. The number of halogens is 1. The lowest BCUT2D eigenvalue weighted by atomic mass is 10.5. The maximum atomic E-state index is 13.1. The summed E-state index contributed by atoms with van der Waals surface area (Å²) in [7, 11) is -1.12. The van der Waals surface area contributed by atoms with E-state index in [9.17, 15) is 18.8 Å². The lowest BCUT2D eigenvalue weighted by Crippen LogP contribution is -2.41. The zero-order valence-corrected chi connectivity index (χ0v) is 16.5. The highest BCUT2D eigenvalue weighted by Crippen LogP contribution is 2.26. The quantitative estimate of drug-likeness (QED) is 0.540. The molecule has 0 aliphatic carbocycles. The summed E-state index contributed by atoms with van der Waals surface area (Å²) in [6.45, 7) is 9.77. The molecule has 0 bridgehead atoms. The molecule has 6 nitrogen and oxygen atoms in total. The van der Waals surface area contributed by atoms with Crippen LogP contribution in [0.15, 0.2) is 15.8 Å². The van der Waals surface area contributed by atoms with Gasteiger partial charge in [0.15, 0.2) is 0 Å². The second kappa shape index (κ2) is 9.21. The molecule has 24 heavy (non-hydrogen) atoms. The van der Waals surface area contributed by atoms with E-state index in [1.807, 2.05) is 11.8 Å². The van der Waals surface area contributed by atoms with Crippen molar-refractivity contribution in [3.63, 3.8) is 0 Å². The lowest BCUT2D eigenvalue weighted by molar-refractivity contribution is 0.240. The SMILES string of the molecule is CC(C)[Si](C)(C)CCSCCCNC(=O)n1cc(F)c(=O)[nH]c1=O. The molecular weight excluding hydrogens is 349 g/mol. The predicted molar refractivity (Wildman–Crippen MR) is 99.4 cm³/mol. The van der Waals surface area contributed by atoms with Gasteiger partial charge in [0.1, 0.15) is 0 Å². The van der Waals surface area contributed by atoms with E-state index in [0.29, 0.717) is 17.3 Å². The first kappa shape index (κ1) is 20.7. The maximum Gasteiger partial charge on any atom is 0.336 e. The van der Waals surface area contributed by atoms with Crippen LogP contribution >= 0.6 is 11.8 Å². The summed E-state index contributed by atoms with van der Waals surface area (Å²) in [4.78, 5) is 35.9. The van der Waals surface area contributed by atoms with Crippen molar-refractivity contribution in [2.45, 2.75) is 44.9 Å². The third-order valence-electron chi connectivity index (χ3n) is 4.31. The largest absolute Gasteiger partial charge is 0.337 e. The number of aromatic amines is 1. The van der Waals surface area contributed by atoms with Crippen LogP contribution in [-0.2, 0) is 0 Å². The molecule has 0 saturated heterocycles. The van der Waals surface area contributed by atoms with Crippen LogP contribution in [0.3, 0.4) is 0 Å². The van der Waals surface area contributed by atoms with Crippen LogP contribution < -0.4 is 16.6 Å². The van der Waals surface area contributed by atoms with Crippen molar-refractivity contribution in [1.29, 1.82) is 0 Å². The number of nitrogens with zero attached hydrogens (tertiary/aromatic N) is 1. The third-order valence-corrected chi connectivity index (χ3v) is 10.4. The number of thioether (sulfide) groups is 1. The van der Waals surface area contributed by atoms with Crippen molar-refractivity contribution in [2.75, 3.05) is 18.1 Å². The van der Waals surface area contributed by atoms with Crippen LogP contribution in [0.4, 0.5) is 9.18 Å². The predicted octanol–water partition coefficient (Wildman–Crippen LogP) is 2.48. The minimum atomic E-state index is -1.17. The Hall–Kier alpha value is -1.35.